The third kappa shape index (κ3) is 5470000. The zero-order valence-electron chi connectivity index (χ0n) is 16.4. The summed E-state index contributed by atoms with van der Waals surface area (Å²) in [5.41, 5.74) is 0. The van der Waals surface area contributed by atoms with Crippen LogP contribution >= 0.6 is 0 Å². The lowest BCUT2D eigenvalue weighted by Gasteiger charge is -1.61. The first-order valence-corrected chi connectivity index (χ1v) is 7.82. The summed E-state index contributed by atoms with van der Waals surface area (Å²) in [5, 5.41) is 0. The molecule has 0 amide bonds. The zero-order chi connectivity index (χ0) is 16.7. The molecular weight excluding hydrogens is 280 g/mol. The summed E-state index contributed by atoms with van der Waals surface area (Å²) < 4.78 is 4.25. The minimum atomic E-state index is 0. The molecule has 0 spiro atoms. The summed E-state index contributed by atoms with van der Waals surface area (Å²) in [6, 6.07) is 0. The fourth-order valence-electron chi connectivity index (χ4n) is 0. The fraction of sp³-hybridized carbons (Fsp3) is 1.00. The second kappa shape index (κ2) is 10500. The lowest BCUT2D eigenvalue weighted by Crippen LogP contribution is -1.55. The van der Waals surface area contributed by atoms with Gasteiger partial charge < -0.3 is 4.74 Å². The molecule has 0 aromatic rings. The Labute approximate surface area is 161 Å². The molecule has 0 aliphatic heterocycles. The van der Waals surface area contributed by atoms with Crippen LogP contribution < -0.4 is 0 Å². The van der Waals surface area contributed by atoms with Gasteiger partial charge in [-0.25, -0.2) is 0 Å². The first-order chi connectivity index (χ1) is 8.41. The highest BCUT2D eigenvalue weighted by Gasteiger charge is 1.25. The molecule has 0 radical (unpaired) electrons. The summed E-state index contributed by atoms with van der Waals surface area (Å²) in [7, 11) is 3.25. The van der Waals surface area contributed by atoms with Crippen molar-refractivity contribution in [3.63, 3.8) is 0 Å². The van der Waals surface area contributed by atoms with Crippen LogP contribution in [0.5, 0.6) is 0 Å². The molecule has 166 valence electrons. The Morgan fingerprint density at radius 2 is 0.261 bits per heavy atom. The van der Waals surface area contributed by atoms with Crippen molar-refractivity contribution in [3.05, 3.63) is 0 Å². The summed E-state index contributed by atoms with van der Waals surface area (Å²) in [5.74, 6) is 0. The molecule has 0 rings (SSSR count). The van der Waals surface area contributed by atoms with E-state index in [2.05, 4.69) is 4.74 Å². The van der Waals surface area contributed by atoms with E-state index >= 15 is 0 Å². The lowest BCUT2D eigenvalue weighted by molar-refractivity contribution is 0.277. The highest BCUT2D eigenvalue weighted by molar-refractivity contribution is 3.56. The Morgan fingerprint density at radius 3 is 0.261 bits per heavy atom. The third-order valence-corrected chi connectivity index (χ3v) is 0. The van der Waals surface area contributed by atoms with Gasteiger partial charge in [-0.15, -0.1) is 0 Å². The number of rotatable bonds is 0. The van der Waals surface area contributed by atoms with Crippen molar-refractivity contribution in [2.24, 2.45) is 0 Å². The number of methoxy groups -OCH3 is 1. The van der Waals surface area contributed by atoms with Crippen molar-refractivity contribution in [3.8, 4) is 0 Å². The van der Waals surface area contributed by atoms with E-state index in [9.17, 15) is 0 Å². The third-order valence-electron chi connectivity index (χ3n) is 0. The molecule has 0 N–H and O–H groups in total. The first-order valence-electron chi connectivity index (χ1n) is 7.82. The Morgan fingerprint density at radius 1 is 0.261 bits per heavy atom. The molecule has 0 bridgehead atoms. The molecule has 0 heterocycles. The van der Waals surface area contributed by atoms with Crippen LogP contribution in [0.25, 0.3) is 0 Å². The molecule has 0 fully saturated rings. The molecular formula is C22H72O. The summed E-state index contributed by atoms with van der Waals surface area (Å²) in [4.78, 5) is 0. The van der Waals surface area contributed by atoms with Gasteiger partial charge in [-0.2, -0.15) is 0 Å². The summed E-state index contributed by atoms with van der Waals surface area (Å²) >= 11 is 0. The van der Waals surface area contributed by atoms with Crippen LogP contribution in [0.4, 0.5) is 0 Å². The molecule has 0 aliphatic carbocycles. The molecule has 0 aromatic heterocycles. The average molecular weight is 353 g/mol. The van der Waals surface area contributed by atoms with Crippen LogP contribution in [0.2, 0.25) is 0 Å². The monoisotopic (exact) mass is 353 g/mol. The molecule has 0 saturated carbocycles. The highest BCUT2D eigenvalue weighted by atomic mass is 16.4. The van der Waals surface area contributed by atoms with E-state index in [1.54, 1.807) is 14.2 Å². The maximum atomic E-state index is 4.25. The van der Waals surface area contributed by atoms with E-state index in [0.717, 1.165) is 0 Å². The first kappa shape index (κ1) is 138. The predicted octanol–water partition coefficient (Wildman–Crippen LogP) is 11.3. The zero-order valence-corrected chi connectivity index (χ0v) is 16.4. The second-order valence-electron chi connectivity index (χ2n) is 0.408. The molecule has 0 saturated heterocycles. The van der Waals surface area contributed by atoms with Crippen molar-refractivity contribution in [2.75, 3.05) is 14.2 Å². The van der Waals surface area contributed by atoms with Crippen molar-refractivity contribution >= 4 is 0 Å². The maximum Gasteiger partial charge on any atom is 0.0351 e. The van der Waals surface area contributed by atoms with E-state index in [4.69, 9.17) is 0 Å². The van der Waals surface area contributed by atoms with Crippen LogP contribution in [-0.2, 0) is 4.74 Å². The molecule has 0 aliphatic rings. The van der Waals surface area contributed by atoms with Crippen LogP contribution in [-0.4, -0.2) is 14.2 Å². The van der Waals surface area contributed by atoms with Crippen molar-refractivity contribution in [1.29, 1.82) is 0 Å². The average Bonchev–Trinajstić information content (AvgIpc) is 2.53. The topological polar surface area (TPSA) is 9.23 Å². The Kier molecular flexibility index (Phi) is 62800. The van der Waals surface area contributed by atoms with Crippen molar-refractivity contribution < 1.29 is 4.74 Å². The van der Waals surface area contributed by atoms with E-state index in [1.807, 2.05) is 96.9 Å². The van der Waals surface area contributed by atoms with Crippen LogP contribution in [0.15, 0.2) is 0 Å². The van der Waals surface area contributed by atoms with Gasteiger partial charge in [-0.05, 0) is 0 Å². The normalized spacial score (nSPS) is 2.61. The minimum absolute atomic E-state index is 0. The number of ether oxygens (including phenoxy) is 1. The number of hydrogen-bond donors (Lipinski definition) is 0. The van der Waals surface area contributed by atoms with Gasteiger partial charge in [0.15, 0.2) is 0 Å². The Balaban J connectivity index is -0.00000000325. The smallest absolute Gasteiger partial charge is 0.0351 e. The van der Waals surface area contributed by atoms with E-state index < -0.39 is 0 Å². The molecule has 0 unspecified atom stereocenters. The van der Waals surface area contributed by atoms with Gasteiger partial charge in [0.05, 0.1) is 0 Å². The highest BCUT2D eigenvalue weighted by Crippen LogP contribution is 1.28. The van der Waals surface area contributed by atoms with Crippen molar-refractivity contribution in [1.82, 2.24) is 0 Å². The summed E-state index contributed by atoms with van der Waals surface area (Å²) in [6.45, 7) is 28.0. The van der Waals surface area contributed by atoms with E-state index in [0.29, 0.717) is 0 Å². The van der Waals surface area contributed by atoms with Gasteiger partial charge in [0.25, 0.3) is 0 Å². The Hall–Kier alpha value is -0.0400. The van der Waals surface area contributed by atoms with Gasteiger partial charge in [0, 0.05) is 14.2 Å². The molecule has 1 nitrogen and oxygen atoms in total. The second-order valence-corrected chi connectivity index (χ2v) is 0.408. The van der Waals surface area contributed by atoms with Gasteiger partial charge >= 0.3 is 0 Å². The van der Waals surface area contributed by atoms with E-state index in [-0.39, 0.29) is 44.6 Å². The van der Waals surface area contributed by atoms with Gasteiger partial charge in [0.1, 0.15) is 0 Å². The fourth-order valence-corrected chi connectivity index (χ4v) is 0. The van der Waals surface area contributed by atoms with Crippen LogP contribution in [0.3, 0.4) is 0 Å². The van der Waals surface area contributed by atoms with Crippen LogP contribution in [0, 0.1) is 0 Å². The number of hydrogen-bond acceptors (Lipinski definition) is 1. The molecule has 1 heteroatoms. The SMILES string of the molecule is C.C.C.C.C.C.CC.CC.CC.CC.CC.CC.CC.COC. The molecule has 0 atom stereocenters. The largest absolute Gasteiger partial charge is 0.388 e. The predicted molar refractivity (Wildman–Crippen MR) is 133 cm³/mol. The maximum absolute atomic E-state index is 4.25. The van der Waals surface area contributed by atoms with Gasteiger partial charge in [0.2, 0.25) is 0 Å². The lowest BCUT2D eigenvalue weighted by atomic mass is 11.0. The van der Waals surface area contributed by atoms with Crippen molar-refractivity contribution in [2.45, 2.75) is 141 Å². The molecule has 0 aromatic carbocycles. The molecule has 23 heavy (non-hydrogen) atoms. The van der Waals surface area contributed by atoms with Gasteiger partial charge in [-0.3, -0.25) is 0 Å². The standard InChI is InChI=1S/C2H6O.7C2H6.6CH4/c1-3-2;7*1-2;;;;;;/h1-2H3;7*1-2H3;6*1H4. The Bertz CT molecular complexity index is 5.93. The van der Waals surface area contributed by atoms with Gasteiger partial charge in [-0.1, -0.05) is 141 Å². The summed E-state index contributed by atoms with van der Waals surface area (Å²) in [6.07, 6.45) is 0. The quantitative estimate of drug-likeness (QED) is 0.421. The van der Waals surface area contributed by atoms with E-state index in [1.165, 1.54) is 0 Å². The minimum Gasteiger partial charge on any atom is -0.388 e. The van der Waals surface area contributed by atoms with Crippen LogP contribution in [0.1, 0.15) is 141 Å².